The van der Waals surface area contributed by atoms with E-state index in [1.807, 2.05) is 42.5 Å². The maximum atomic E-state index is 8.13. The predicted octanol–water partition coefficient (Wildman–Crippen LogP) is 11.7. The van der Waals surface area contributed by atoms with E-state index in [2.05, 4.69) is 124 Å². The molecule has 4 heteroatoms. The summed E-state index contributed by atoms with van der Waals surface area (Å²) >= 11 is 0. The van der Waals surface area contributed by atoms with Gasteiger partial charge in [-0.3, -0.25) is 0 Å². The number of benzene rings is 6. The van der Waals surface area contributed by atoms with Crippen LogP contribution in [0.25, 0.3) is 48.3 Å². The molecule has 2 heterocycles. The SMILES string of the molecule is [C-]#[N+]c1ccc2c(c1)c1ccccc1n2-c1c([N+]#[C-])cccc1-c1ccc(N2c3ccccc3C(C)(C)c3ccccc32)cc1. The van der Waals surface area contributed by atoms with Crippen molar-refractivity contribution in [2.45, 2.75) is 19.3 Å². The average Bonchev–Trinajstić information content (AvgIpc) is 3.41. The fraction of sp³-hybridized carbons (Fsp3) is 0.0732. The molecule has 0 unspecified atom stereocenters. The van der Waals surface area contributed by atoms with Crippen LogP contribution >= 0.6 is 0 Å². The highest BCUT2D eigenvalue weighted by atomic mass is 15.2. The summed E-state index contributed by atoms with van der Waals surface area (Å²) in [6, 6.07) is 46.0. The molecule has 8 rings (SSSR count). The van der Waals surface area contributed by atoms with Crippen molar-refractivity contribution in [1.82, 2.24) is 4.57 Å². The van der Waals surface area contributed by atoms with Crippen LogP contribution in [-0.2, 0) is 5.41 Å². The quantitative estimate of drug-likeness (QED) is 0.191. The summed E-state index contributed by atoms with van der Waals surface area (Å²) < 4.78 is 2.19. The average molecular weight is 577 g/mol. The first kappa shape index (κ1) is 26.5. The van der Waals surface area contributed by atoms with Gasteiger partial charge in [0.1, 0.15) is 0 Å². The molecule has 0 fully saturated rings. The lowest BCUT2D eigenvalue weighted by molar-refractivity contribution is 0.632. The van der Waals surface area contributed by atoms with Gasteiger partial charge < -0.3 is 9.47 Å². The topological polar surface area (TPSA) is 16.9 Å². The third kappa shape index (κ3) is 3.90. The zero-order valence-electron chi connectivity index (χ0n) is 25.0. The summed E-state index contributed by atoms with van der Waals surface area (Å²) in [5.74, 6) is 0. The summed E-state index contributed by atoms with van der Waals surface area (Å²) in [6.07, 6.45) is 0. The van der Waals surface area contributed by atoms with E-state index in [0.29, 0.717) is 11.4 Å². The van der Waals surface area contributed by atoms with Crippen LogP contribution in [0, 0.1) is 13.1 Å². The predicted molar refractivity (Wildman–Crippen MR) is 186 cm³/mol. The Bertz CT molecular complexity index is 2330. The first-order chi connectivity index (χ1) is 22.0. The van der Waals surface area contributed by atoms with E-state index in [9.17, 15) is 0 Å². The van der Waals surface area contributed by atoms with Gasteiger partial charge in [-0.25, -0.2) is 9.69 Å². The molecule has 0 radical (unpaired) electrons. The Hall–Kier alpha value is -6.10. The Morgan fingerprint density at radius 2 is 1.22 bits per heavy atom. The Balaban J connectivity index is 1.32. The standard InChI is InChI=1S/C41H28N4/c1-41(2)33-14-6-9-18-38(33)44(39-19-10-7-15-34(39)41)29-23-20-27(21-24-29)30-13-11-16-35(43-4)40(30)45-36-17-8-5-12-31(36)32-26-28(42-3)22-25-37(32)45/h5-26H,1-2H3. The van der Waals surface area contributed by atoms with Crippen LogP contribution in [0.5, 0.6) is 0 Å². The minimum Gasteiger partial charge on any atom is -0.318 e. The molecule has 212 valence electrons. The molecule has 1 aromatic heterocycles. The Morgan fingerprint density at radius 3 is 1.91 bits per heavy atom. The number of anilines is 3. The highest BCUT2D eigenvalue weighted by molar-refractivity contribution is 6.11. The van der Waals surface area contributed by atoms with E-state index in [4.69, 9.17) is 13.1 Å². The fourth-order valence-corrected chi connectivity index (χ4v) is 7.10. The Kier molecular flexibility index (Phi) is 5.88. The van der Waals surface area contributed by atoms with Crippen molar-refractivity contribution in [2.75, 3.05) is 4.90 Å². The lowest BCUT2D eigenvalue weighted by Crippen LogP contribution is -2.30. The van der Waals surface area contributed by atoms with Gasteiger partial charge in [0.05, 0.1) is 41.2 Å². The van der Waals surface area contributed by atoms with Gasteiger partial charge in [0, 0.05) is 16.5 Å². The van der Waals surface area contributed by atoms with Crippen molar-refractivity contribution in [3.63, 3.8) is 0 Å². The van der Waals surface area contributed by atoms with Crippen LogP contribution in [0.15, 0.2) is 133 Å². The molecule has 1 aliphatic heterocycles. The number of hydrogen-bond donors (Lipinski definition) is 0. The molecule has 6 aromatic carbocycles. The lowest BCUT2D eigenvalue weighted by Gasteiger charge is -2.42. The van der Waals surface area contributed by atoms with Crippen molar-refractivity contribution < 1.29 is 0 Å². The lowest BCUT2D eigenvalue weighted by atomic mass is 9.73. The highest BCUT2D eigenvalue weighted by Crippen LogP contribution is 2.52. The van der Waals surface area contributed by atoms with Gasteiger partial charge in [-0.1, -0.05) is 105 Å². The second kappa shape index (κ2) is 9.98. The molecular formula is C41H28N4. The van der Waals surface area contributed by atoms with E-state index < -0.39 is 0 Å². The van der Waals surface area contributed by atoms with Gasteiger partial charge in [-0.05, 0) is 70.1 Å². The Morgan fingerprint density at radius 1 is 0.578 bits per heavy atom. The largest absolute Gasteiger partial charge is 0.318 e. The van der Waals surface area contributed by atoms with Crippen LogP contribution in [0.1, 0.15) is 25.0 Å². The molecular weight excluding hydrogens is 548 g/mol. The van der Waals surface area contributed by atoms with Crippen molar-refractivity contribution in [3.8, 4) is 16.8 Å². The minimum absolute atomic E-state index is 0.115. The number of nitrogens with zero attached hydrogens (tertiary/aromatic N) is 4. The van der Waals surface area contributed by atoms with Gasteiger partial charge in [0.15, 0.2) is 5.69 Å². The number of fused-ring (bicyclic) bond motifs is 5. The van der Waals surface area contributed by atoms with E-state index in [1.165, 1.54) is 22.5 Å². The van der Waals surface area contributed by atoms with Crippen molar-refractivity contribution in [2.24, 2.45) is 0 Å². The van der Waals surface area contributed by atoms with E-state index in [0.717, 1.165) is 44.3 Å². The summed E-state index contributed by atoms with van der Waals surface area (Å²) in [5.41, 5.74) is 12.0. The van der Waals surface area contributed by atoms with Gasteiger partial charge >= 0.3 is 0 Å². The number of aromatic nitrogens is 1. The molecule has 0 bridgehead atoms. The van der Waals surface area contributed by atoms with Crippen molar-refractivity contribution in [1.29, 1.82) is 0 Å². The number of para-hydroxylation sites is 4. The monoisotopic (exact) mass is 576 g/mol. The smallest absolute Gasteiger partial charge is 0.211 e. The molecule has 0 aliphatic carbocycles. The normalized spacial score (nSPS) is 13.2. The molecule has 0 spiro atoms. The number of hydrogen-bond acceptors (Lipinski definition) is 1. The van der Waals surface area contributed by atoms with Gasteiger partial charge in [-0.15, -0.1) is 0 Å². The van der Waals surface area contributed by atoms with E-state index in [-0.39, 0.29) is 5.41 Å². The zero-order chi connectivity index (χ0) is 30.7. The highest BCUT2D eigenvalue weighted by Gasteiger charge is 2.36. The van der Waals surface area contributed by atoms with Crippen LogP contribution in [0.3, 0.4) is 0 Å². The van der Waals surface area contributed by atoms with Crippen LogP contribution < -0.4 is 4.90 Å². The minimum atomic E-state index is -0.115. The second-order valence-corrected chi connectivity index (χ2v) is 12.0. The van der Waals surface area contributed by atoms with E-state index in [1.54, 1.807) is 0 Å². The molecule has 0 amide bonds. The molecule has 45 heavy (non-hydrogen) atoms. The Labute approximate surface area is 262 Å². The molecule has 0 atom stereocenters. The summed E-state index contributed by atoms with van der Waals surface area (Å²) in [7, 11) is 0. The van der Waals surface area contributed by atoms with Crippen LogP contribution in [0.4, 0.5) is 28.4 Å². The van der Waals surface area contributed by atoms with E-state index >= 15 is 0 Å². The maximum Gasteiger partial charge on any atom is 0.211 e. The third-order valence-corrected chi connectivity index (χ3v) is 9.22. The molecule has 1 aliphatic rings. The van der Waals surface area contributed by atoms with Crippen molar-refractivity contribution >= 4 is 50.2 Å². The van der Waals surface area contributed by atoms with Crippen LogP contribution in [0.2, 0.25) is 0 Å². The van der Waals surface area contributed by atoms with Gasteiger partial charge in [-0.2, -0.15) is 0 Å². The van der Waals surface area contributed by atoms with Crippen LogP contribution in [-0.4, -0.2) is 4.57 Å². The van der Waals surface area contributed by atoms with Crippen molar-refractivity contribution in [3.05, 3.63) is 167 Å². The summed E-state index contributed by atoms with van der Waals surface area (Å²) in [6.45, 7) is 20.3. The maximum absolute atomic E-state index is 8.13. The molecule has 0 saturated heterocycles. The third-order valence-electron chi connectivity index (χ3n) is 9.22. The molecule has 4 nitrogen and oxygen atoms in total. The summed E-state index contributed by atoms with van der Waals surface area (Å²) in [5, 5.41) is 2.06. The van der Waals surface area contributed by atoms with Gasteiger partial charge in [0.25, 0.3) is 0 Å². The molecule has 0 N–H and O–H groups in total. The number of rotatable bonds is 3. The second-order valence-electron chi connectivity index (χ2n) is 12.0. The first-order valence-electron chi connectivity index (χ1n) is 15.0. The zero-order valence-corrected chi connectivity index (χ0v) is 25.0. The molecule has 7 aromatic rings. The molecule has 0 saturated carbocycles. The van der Waals surface area contributed by atoms with Gasteiger partial charge in [0.2, 0.25) is 5.69 Å². The summed E-state index contributed by atoms with van der Waals surface area (Å²) in [4.78, 5) is 10.0. The first-order valence-corrected chi connectivity index (χ1v) is 15.0. The fourth-order valence-electron chi connectivity index (χ4n) is 7.10.